The molecular weight excluding hydrogens is 302 g/mol. The van der Waals surface area contributed by atoms with Crippen LogP contribution in [0, 0.1) is 0 Å². The molecule has 0 N–H and O–H groups in total. The van der Waals surface area contributed by atoms with E-state index < -0.39 is 0 Å². The molecular formula is C19H23N3S. The maximum absolute atomic E-state index is 4.30. The summed E-state index contributed by atoms with van der Waals surface area (Å²) in [6.07, 6.45) is 6.14. The molecule has 1 aliphatic heterocycles. The lowest BCUT2D eigenvalue weighted by atomic mass is 10.2. The largest absolute Gasteiger partial charge is 0.308 e. The number of thioether (sulfide) groups is 1. The molecule has 3 rings (SSSR count). The van der Waals surface area contributed by atoms with Gasteiger partial charge in [-0.15, -0.1) is 11.8 Å². The average Bonchev–Trinajstić information content (AvgIpc) is 2.97. The van der Waals surface area contributed by atoms with E-state index in [0.717, 1.165) is 19.6 Å². The van der Waals surface area contributed by atoms with Crippen LogP contribution in [0.5, 0.6) is 0 Å². The summed E-state index contributed by atoms with van der Waals surface area (Å²) in [5, 5.41) is 0.360. The molecule has 0 amide bonds. The van der Waals surface area contributed by atoms with E-state index in [1.165, 1.54) is 16.0 Å². The predicted octanol–water partition coefficient (Wildman–Crippen LogP) is 3.73. The number of rotatable bonds is 5. The second-order valence-corrected chi connectivity index (χ2v) is 7.26. The van der Waals surface area contributed by atoms with Gasteiger partial charge in [0, 0.05) is 36.9 Å². The van der Waals surface area contributed by atoms with Crippen molar-refractivity contribution in [1.29, 1.82) is 0 Å². The van der Waals surface area contributed by atoms with Crippen molar-refractivity contribution in [3.05, 3.63) is 70.9 Å². The summed E-state index contributed by atoms with van der Waals surface area (Å²) in [6, 6.07) is 14.8. The number of nitrogens with zero attached hydrogens (tertiary/aromatic N) is 3. The van der Waals surface area contributed by atoms with Crippen LogP contribution in [0.15, 0.2) is 59.8 Å². The highest BCUT2D eigenvalue weighted by molar-refractivity contribution is 8.03. The Balaban J connectivity index is 1.80. The molecule has 1 unspecified atom stereocenters. The molecule has 1 aromatic heterocycles. The molecule has 0 aliphatic carbocycles. The highest BCUT2D eigenvalue weighted by Gasteiger charge is 2.29. The Morgan fingerprint density at radius 3 is 2.74 bits per heavy atom. The minimum atomic E-state index is 0.360. The Morgan fingerprint density at radius 1 is 1.22 bits per heavy atom. The van der Waals surface area contributed by atoms with Gasteiger partial charge in [0.1, 0.15) is 0 Å². The van der Waals surface area contributed by atoms with Crippen LogP contribution in [0.2, 0.25) is 0 Å². The molecule has 0 saturated carbocycles. The van der Waals surface area contributed by atoms with Gasteiger partial charge in [-0.2, -0.15) is 0 Å². The highest BCUT2D eigenvalue weighted by Crippen LogP contribution is 2.44. The van der Waals surface area contributed by atoms with Crippen molar-refractivity contribution in [3.63, 3.8) is 0 Å². The lowest BCUT2D eigenvalue weighted by Crippen LogP contribution is -2.31. The van der Waals surface area contributed by atoms with Crippen LogP contribution in [0.3, 0.4) is 0 Å². The van der Waals surface area contributed by atoms with Crippen LogP contribution in [0.1, 0.15) is 16.5 Å². The van der Waals surface area contributed by atoms with E-state index >= 15 is 0 Å². The molecule has 1 saturated heterocycles. The fraction of sp³-hybridized carbons (Fsp3) is 0.316. The van der Waals surface area contributed by atoms with E-state index in [1.54, 1.807) is 0 Å². The topological polar surface area (TPSA) is 19.4 Å². The first-order valence-electron chi connectivity index (χ1n) is 7.93. The van der Waals surface area contributed by atoms with Gasteiger partial charge < -0.3 is 4.90 Å². The van der Waals surface area contributed by atoms with E-state index in [1.807, 2.05) is 30.2 Å². The van der Waals surface area contributed by atoms with E-state index in [4.69, 9.17) is 0 Å². The summed E-state index contributed by atoms with van der Waals surface area (Å²) in [4.78, 5) is 10.5. The second-order valence-electron chi connectivity index (χ2n) is 6.05. The van der Waals surface area contributed by atoms with Crippen LogP contribution in [0.25, 0.3) is 6.08 Å². The van der Waals surface area contributed by atoms with Crippen LogP contribution in [-0.4, -0.2) is 48.5 Å². The zero-order valence-corrected chi connectivity index (χ0v) is 14.5. The third-order valence-electron chi connectivity index (χ3n) is 3.88. The normalized spacial score (nSPS) is 20.5. The van der Waals surface area contributed by atoms with Gasteiger partial charge in [-0.1, -0.05) is 36.4 Å². The number of benzene rings is 1. The number of pyridine rings is 1. The maximum atomic E-state index is 4.30. The Hall–Kier alpha value is -1.62. The predicted molar refractivity (Wildman–Crippen MR) is 99.1 cm³/mol. The number of aromatic nitrogens is 1. The Labute approximate surface area is 143 Å². The van der Waals surface area contributed by atoms with Gasteiger partial charge in [0.2, 0.25) is 0 Å². The van der Waals surface area contributed by atoms with Crippen molar-refractivity contribution in [3.8, 4) is 0 Å². The second kappa shape index (κ2) is 7.77. The third kappa shape index (κ3) is 4.44. The van der Waals surface area contributed by atoms with E-state index in [9.17, 15) is 0 Å². The molecule has 0 spiro atoms. The molecule has 23 heavy (non-hydrogen) atoms. The monoisotopic (exact) mass is 325 g/mol. The molecule has 4 heteroatoms. The molecule has 1 atom stereocenters. The maximum Gasteiger partial charge on any atom is 0.0876 e. The lowest BCUT2D eigenvalue weighted by molar-refractivity contribution is 0.256. The quantitative estimate of drug-likeness (QED) is 0.834. The van der Waals surface area contributed by atoms with E-state index in [0.29, 0.717) is 5.37 Å². The molecule has 2 aromatic rings. The van der Waals surface area contributed by atoms with Crippen LogP contribution < -0.4 is 0 Å². The van der Waals surface area contributed by atoms with Gasteiger partial charge in [-0.3, -0.25) is 9.88 Å². The van der Waals surface area contributed by atoms with Gasteiger partial charge in [0.05, 0.1) is 5.37 Å². The summed E-state index contributed by atoms with van der Waals surface area (Å²) in [5.74, 6) is 0. The van der Waals surface area contributed by atoms with Gasteiger partial charge in [-0.25, -0.2) is 0 Å². The molecule has 1 aromatic carbocycles. The van der Waals surface area contributed by atoms with Gasteiger partial charge in [-0.05, 0) is 37.4 Å². The average molecular weight is 325 g/mol. The fourth-order valence-corrected chi connectivity index (χ4v) is 4.01. The summed E-state index contributed by atoms with van der Waals surface area (Å²) in [6.45, 7) is 3.13. The highest BCUT2D eigenvalue weighted by atomic mass is 32.2. The molecule has 2 heterocycles. The first-order valence-corrected chi connectivity index (χ1v) is 8.81. The van der Waals surface area contributed by atoms with Crippen LogP contribution in [-0.2, 0) is 0 Å². The first kappa shape index (κ1) is 16.2. The summed E-state index contributed by atoms with van der Waals surface area (Å²) < 4.78 is 0. The zero-order valence-electron chi connectivity index (χ0n) is 13.7. The Morgan fingerprint density at radius 2 is 2.04 bits per heavy atom. The van der Waals surface area contributed by atoms with E-state index in [2.05, 4.69) is 71.4 Å². The SMILES string of the molecule is CN(C)CCN1CC(=Cc2ccccc2)SC1c1cccnc1. The minimum absolute atomic E-state index is 0.360. The van der Waals surface area contributed by atoms with E-state index in [-0.39, 0.29) is 0 Å². The molecule has 120 valence electrons. The van der Waals surface area contributed by atoms with Crippen molar-refractivity contribution in [2.45, 2.75) is 5.37 Å². The molecule has 0 radical (unpaired) electrons. The standard InChI is InChI=1S/C19H23N3S/c1-21(2)11-12-22-15-18(13-16-7-4-3-5-8-16)23-19(22)17-9-6-10-20-14-17/h3-10,13-14,19H,11-12,15H2,1-2H3. The molecule has 0 bridgehead atoms. The van der Waals surface area contributed by atoms with Gasteiger partial charge in [0.25, 0.3) is 0 Å². The first-order chi connectivity index (χ1) is 11.2. The third-order valence-corrected chi connectivity index (χ3v) is 5.23. The number of hydrogen-bond donors (Lipinski definition) is 0. The van der Waals surface area contributed by atoms with Gasteiger partial charge in [0.15, 0.2) is 0 Å². The van der Waals surface area contributed by atoms with Crippen LogP contribution in [0.4, 0.5) is 0 Å². The number of likely N-dealkylation sites (N-methyl/N-ethyl adjacent to an activating group) is 1. The zero-order chi connectivity index (χ0) is 16.1. The summed E-state index contributed by atoms with van der Waals surface area (Å²) in [5.41, 5.74) is 2.56. The summed E-state index contributed by atoms with van der Waals surface area (Å²) >= 11 is 1.95. The van der Waals surface area contributed by atoms with Crippen molar-refractivity contribution < 1.29 is 0 Å². The fourth-order valence-electron chi connectivity index (χ4n) is 2.68. The van der Waals surface area contributed by atoms with Crippen LogP contribution >= 0.6 is 11.8 Å². The molecule has 1 fully saturated rings. The molecule has 3 nitrogen and oxygen atoms in total. The summed E-state index contributed by atoms with van der Waals surface area (Å²) in [7, 11) is 4.26. The van der Waals surface area contributed by atoms with Crippen molar-refractivity contribution in [2.24, 2.45) is 0 Å². The van der Waals surface area contributed by atoms with Crippen molar-refractivity contribution in [1.82, 2.24) is 14.8 Å². The van der Waals surface area contributed by atoms with Crippen molar-refractivity contribution >= 4 is 17.8 Å². The molecule has 1 aliphatic rings. The van der Waals surface area contributed by atoms with Gasteiger partial charge >= 0.3 is 0 Å². The lowest BCUT2D eigenvalue weighted by Gasteiger charge is -2.24. The smallest absolute Gasteiger partial charge is 0.0876 e. The minimum Gasteiger partial charge on any atom is -0.308 e. The Bertz CT molecular complexity index is 640. The number of hydrogen-bond acceptors (Lipinski definition) is 4. The van der Waals surface area contributed by atoms with Crippen molar-refractivity contribution in [2.75, 3.05) is 33.7 Å². The Kier molecular flexibility index (Phi) is 5.49.